The van der Waals surface area contributed by atoms with E-state index in [2.05, 4.69) is 52.0 Å². The first-order valence-corrected chi connectivity index (χ1v) is 11.7. The minimum Gasteiger partial charge on any atom is -0.495 e. The number of pyridine rings is 1. The van der Waals surface area contributed by atoms with E-state index in [1.165, 1.54) is 5.56 Å². The molecular weight excluding hydrogens is 396 g/mol. The van der Waals surface area contributed by atoms with Crippen molar-refractivity contribution >= 4 is 22.6 Å². The van der Waals surface area contributed by atoms with Crippen LogP contribution in [-0.2, 0) is 4.74 Å². The van der Waals surface area contributed by atoms with E-state index < -0.39 is 0 Å². The highest BCUT2D eigenvalue weighted by molar-refractivity contribution is 8.14. The third-order valence-corrected chi connectivity index (χ3v) is 7.35. The molecule has 2 aromatic rings. The standard InChI is InChI=1S/C23H28N4O2S/c1-3-17-15-30-23-25-21(18-6-4-5-9-24-18)22(27(17)23)16-7-8-19(20(14-16)28-2)26-10-12-29-13-11-26/h4-9,14,17,21-22H,3,10-13,15H2,1-2H3. The van der Waals surface area contributed by atoms with Crippen molar-refractivity contribution in [3.63, 3.8) is 0 Å². The maximum Gasteiger partial charge on any atom is 0.160 e. The van der Waals surface area contributed by atoms with Crippen molar-refractivity contribution in [2.24, 2.45) is 4.99 Å². The van der Waals surface area contributed by atoms with E-state index in [-0.39, 0.29) is 12.1 Å². The lowest BCUT2D eigenvalue weighted by Crippen LogP contribution is -2.37. The molecule has 7 heteroatoms. The molecule has 0 N–H and O–H groups in total. The third kappa shape index (κ3) is 3.44. The van der Waals surface area contributed by atoms with E-state index in [1.807, 2.05) is 24.0 Å². The lowest BCUT2D eigenvalue weighted by atomic mass is 9.94. The number of amidine groups is 1. The maximum absolute atomic E-state index is 5.85. The van der Waals surface area contributed by atoms with E-state index in [1.54, 1.807) is 7.11 Å². The topological polar surface area (TPSA) is 50.2 Å². The normalized spacial score (nSPS) is 25.9. The van der Waals surface area contributed by atoms with Gasteiger partial charge in [0.15, 0.2) is 5.17 Å². The largest absolute Gasteiger partial charge is 0.495 e. The molecule has 3 aliphatic rings. The summed E-state index contributed by atoms with van der Waals surface area (Å²) in [7, 11) is 1.76. The molecule has 2 saturated heterocycles. The average Bonchev–Trinajstić information content (AvgIpc) is 3.39. The predicted octanol–water partition coefficient (Wildman–Crippen LogP) is 3.91. The van der Waals surface area contributed by atoms with Crippen LogP contribution < -0.4 is 9.64 Å². The van der Waals surface area contributed by atoms with Gasteiger partial charge in [-0.05, 0) is 36.2 Å². The fourth-order valence-corrected chi connectivity index (χ4v) is 5.99. The zero-order valence-corrected chi connectivity index (χ0v) is 18.3. The van der Waals surface area contributed by atoms with Crippen LogP contribution in [0.3, 0.4) is 0 Å². The second-order valence-corrected chi connectivity index (χ2v) is 8.85. The molecule has 30 heavy (non-hydrogen) atoms. The molecule has 6 nitrogen and oxygen atoms in total. The molecule has 0 aliphatic carbocycles. The summed E-state index contributed by atoms with van der Waals surface area (Å²) >= 11 is 1.87. The quantitative estimate of drug-likeness (QED) is 0.726. The van der Waals surface area contributed by atoms with Gasteiger partial charge in [0, 0.05) is 31.1 Å². The molecule has 0 amide bonds. The number of hydrogen-bond acceptors (Lipinski definition) is 7. The van der Waals surface area contributed by atoms with Gasteiger partial charge in [0.1, 0.15) is 11.8 Å². The minimum absolute atomic E-state index is 0.00185. The number of morpholine rings is 1. The van der Waals surface area contributed by atoms with Crippen LogP contribution in [0.15, 0.2) is 47.6 Å². The first kappa shape index (κ1) is 19.7. The number of aliphatic imine (C=N–C) groups is 1. The SMILES string of the molecule is CCC1CSC2=NC(c3ccccn3)C(c3ccc(N4CCOCC4)c(OC)c3)N21. The zero-order valence-electron chi connectivity index (χ0n) is 17.5. The van der Waals surface area contributed by atoms with E-state index in [0.717, 1.165) is 60.8 Å². The summed E-state index contributed by atoms with van der Waals surface area (Å²) in [4.78, 5) is 14.6. The summed E-state index contributed by atoms with van der Waals surface area (Å²) in [5.74, 6) is 2.02. The van der Waals surface area contributed by atoms with Crippen molar-refractivity contribution in [3.8, 4) is 5.75 Å². The molecular formula is C23H28N4O2S. The number of aromatic nitrogens is 1. The van der Waals surface area contributed by atoms with Crippen LogP contribution in [-0.4, -0.2) is 60.3 Å². The molecule has 4 heterocycles. The van der Waals surface area contributed by atoms with Crippen LogP contribution in [0.4, 0.5) is 5.69 Å². The van der Waals surface area contributed by atoms with Crippen molar-refractivity contribution in [2.75, 3.05) is 44.1 Å². The maximum atomic E-state index is 5.85. The predicted molar refractivity (Wildman–Crippen MR) is 122 cm³/mol. The Morgan fingerprint density at radius 2 is 2.07 bits per heavy atom. The Kier molecular flexibility index (Phi) is 5.56. The van der Waals surface area contributed by atoms with Crippen molar-refractivity contribution in [2.45, 2.75) is 31.5 Å². The molecule has 0 bridgehead atoms. The van der Waals surface area contributed by atoms with E-state index >= 15 is 0 Å². The zero-order chi connectivity index (χ0) is 20.5. The number of fused-ring (bicyclic) bond motifs is 1. The van der Waals surface area contributed by atoms with Gasteiger partial charge in [-0.1, -0.05) is 30.8 Å². The molecule has 1 aromatic carbocycles. The molecule has 0 spiro atoms. The number of nitrogens with zero attached hydrogens (tertiary/aromatic N) is 4. The van der Waals surface area contributed by atoms with E-state index in [4.69, 9.17) is 14.5 Å². The van der Waals surface area contributed by atoms with Gasteiger partial charge < -0.3 is 19.3 Å². The number of methoxy groups -OCH3 is 1. The van der Waals surface area contributed by atoms with Crippen molar-refractivity contribution in [1.29, 1.82) is 0 Å². The third-order valence-electron chi connectivity index (χ3n) is 6.23. The second kappa shape index (κ2) is 8.47. The smallest absolute Gasteiger partial charge is 0.160 e. The molecule has 3 unspecified atom stereocenters. The van der Waals surface area contributed by atoms with Gasteiger partial charge in [0.25, 0.3) is 0 Å². The van der Waals surface area contributed by atoms with Gasteiger partial charge in [-0.3, -0.25) is 9.98 Å². The van der Waals surface area contributed by atoms with Crippen molar-refractivity contribution in [3.05, 3.63) is 53.9 Å². The lowest BCUT2D eigenvalue weighted by Gasteiger charge is -2.33. The van der Waals surface area contributed by atoms with Gasteiger partial charge >= 0.3 is 0 Å². The number of anilines is 1. The number of ether oxygens (including phenoxy) is 2. The Morgan fingerprint density at radius 1 is 1.20 bits per heavy atom. The molecule has 3 aliphatic heterocycles. The van der Waals surface area contributed by atoms with Crippen LogP contribution >= 0.6 is 11.8 Å². The Hall–Kier alpha value is -2.25. The summed E-state index contributed by atoms with van der Waals surface area (Å²) in [6.45, 7) is 5.57. The van der Waals surface area contributed by atoms with Crippen LogP contribution in [0, 0.1) is 0 Å². The monoisotopic (exact) mass is 424 g/mol. The summed E-state index contributed by atoms with van der Waals surface area (Å²) in [5, 5.41) is 1.15. The molecule has 3 atom stereocenters. The molecule has 1 aromatic heterocycles. The van der Waals surface area contributed by atoms with Crippen molar-refractivity contribution in [1.82, 2.24) is 9.88 Å². The fourth-order valence-electron chi connectivity index (χ4n) is 4.65. The molecule has 5 rings (SSSR count). The first-order valence-electron chi connectivity index (χ1n) is 10.7. The Labute approximate surface area is 182 Å². The highest BCUT2D eigenvalue weighted by atomic mass is 32.2. The Bertz CT molecular complexity index is 917. The van der Waals surface area contributed by atoms with E-state index in [9.17, 15) is 0 Å². The van der Waals surface area contributed by atoms with Gasteiger partial charge in [-0.25, -0.2) is 0 Å². The number of rotatable bonds is 5. The number of hydrogen-bond donors (Lipinski definition) is 0. The Balaban J connectivity index is 1.54. The van der Waals surface area contributed by atoms with Crippen molar-refractivity contribution < 1.29 is 9.47 Å². The van der Waals surface area contributed by atoms with Crippen LogP contribution in [0.25, 0.3) is 0 Å². The summed E-state index contributed by atoms with van der Waals surface area (Å²) in [6.07, 6.45) is 2.98. The summed E-state index contributed by atoms with van der Waals surface area (Å²) in [5.41, 5.74) is 3.40. The molecule has 158 valence electrons. The number of benzene rings is 1. The van der Waals surface area contributed by atoms with Gasteiger partial charge in [0.2, 0.25) is 0 Å². The van der Waals surface area contributed by atoms with Gasteiger partial charge in [0.05, 0.1) is 37.7 Å². The van der Waals surface area contributed by atoms with Crippen LogP contribution in [0.1, 0.15) is 36.7 Å². The van der Waals surface area contributed by atoms with E-state index in [0.29, 0.717) is 6.04 Å². The van der Waals surface area contributed by atoms with Crippen LogP contribution in [0.2, 0.25) is 0 Å². The first-order chi connectivity index (χ1) is 14.8. The van der Waals surface area contributed by atoms with Gasteiger partial charge in [-0.15, -0.1) is 0 Å². The summed E-state index contributed by atoms with van der Waals surface area (Å²) in [6, 6.07) is 13.4. The highest BCUT2D eigenvalue weighted by Gasteiger charge is 2.45. The Morgan fingerprint density at radius 3 is 2.80 bits per heavy atom. The molecule has 0 radical (unpaired) electrons. The van der Waals surface area contributed by atoms with Gasteiger partial charge in [-0.2, -0.15) is 0 Å². The summed E-state index contributed by atoms with van der Waals surface area (Å²) < 4.78 is 11.4. The molecule has 2 fully saturated rings. The average molecular weight is 425 g/mol. The fraction of sp³-hybridized carbons (Fsp3) is 0.478. The molecule has 0 saturated carbocycles. The second-order valence-electron chi connectivity index (χ2n) is 7.87. The van der Waals surface area contributed by atoms with Crippen LogP contribution in [0.5, 0.6) is 5.75 Å². The number of thioether (sulfide) groups is 1. The highest BCUT2D eigenvalue weighted by Crippen LogP contribution is 2.49. The minimum atomic E-state index is 0.00185. The lowest BCUT2D eigenvalue weighted by molar-refractivity contribution is 0.122.